The number of methoxy groups -OCH3 is 1. The maximum atomic E-state index is 5.72. The van der Waals surface area contributed by atoms with Crippen LogP contribution in [0.4, 0.5) is 5.69 Å². The second-order valence-corrected chi connectivity index (χ2v) is 4.12. The molecule has 0 bridgehead atoms. The van der Waals surface area contributed by atoms with Crippen molar-refractivity contribution in [2.24, 2.45) is 0 Å². The first-order valence-electron chi connectivity index (χ1n) is 5.67. The van der Waals surface area contributed by atoms with Crippen LogP contribution < -0.4 is 10.1 Å². The van der Waals surface area contributed by atoms with Crippen LogP contribution in [0.15, 0.2) is 18.3 Å². The predicted molar refractivity (Wildman–Crippen MR) is 62.8 cm³/mol. The normalized spacial score (nSPS) is 24.4. The van der Waals surface area contributed by atoms with E-state index in [2.05, 4.69) is 17.2 Å². The van der Waals surface area contributed by atoms with Crippen LogP contribution in [0, 0.1) is 0 Å². The number of anilines is 1. The summed E-state index contributed by atoms with van der Waals surface area (Å²) in [5.41, 5.74) is 1.00. The minimum absolute atomic E-state index is 0.331. The zero-order chi connectivity index (χ0) is 11.4. The van der Waals surface area contributed by atoms with Crippen molar-refractivity contribution in [1.29, 1.82) is 0 Å². The molecule has 2 unspecified atom stereocenters. The molecule has 4 heteroatoms. The molecule has 1 aliphatic rings. The monoisotopic (exact) mass is 222 g/mol. The molecular weight excluding hydrogens is 204 g/mol. The van der Waals surface area contributed by atoms with Crippen molar-refractivity contribution in [1.82, 2.24) is 4.98 Å². The van der Waals surface area contributed by atoms with Crippen LogP contribution in [-0.4, -0.2) is 30.8 Å². The fraction of sp³-hybridized carbons (Fsp3) is 0.583. The van der Waals surface area contributed by atoms with Gasteiger partial charge in [0.05, 0.1) is 31.2 Å². The summed E-state index contributed by atoms with van der Waals surface area (Å²) in [6.45, 7) is 2.97. The Balaban J connectivity index is 1.80. The van der Waals surface area contributed by atoms with Crippen molar-refractivity contribution in [2.75, 3.05) is 19.0 Å². The van der Waals surface area contributed by atoms with Crippen LogP contribution in [-0.2, 0) is 4.74 Å². The van der Waals surface area contributed by atoms with Gasteiger partial charge in [-0.15, -0.1) is 0 Å². The lowest BCUT2D eigenvalue weighted by atomic mass is 10.2. The summed E-state index contributed by atoms with van der Waals surface area (Å²) < 4.78 is 10.7. The summed E-state index contributed by atoms with van der Waals surface area (Å²) in [6.07, 6.45) is 4.81. The van der Waals surface area contributed by atoms with Gasteiger partial charge in [-0.1, -0.05) is 0 Å². The fourth-order valence-electron chi connectivity index (χ4n) is 1.87. The van der Waals surface area contributed by atoms with E-state index in [-0.39, 0.29) is 0 Å². The lowest BCUT2D eigenvalue weighted by molar-refractivity contribution is 0.0637. The summed E-state index contributed by atoms with van der Waals surface area (Å²) in [4.78, 5) is 4.13. The van der Waals surface area contributed by atoms with Crippen LogP contribution in [0.25, 0.3) is 0 Å². The summed E-state index contributed by atoms with van der Waals surface area (Å²) >= 11 is 0. The highest BCUT2D eigenvalue weighted by molar-refractivity contribution is 5.42. The topological polar surface area (TPSA) is 43.4 Å². The molecule has 1 saturated heterocycles. The number of pyridine rings is 1. The summed E-state index contributed by atoms with van der Waals surface area (Å²) in [5.74, 6) is 0.635. The number of hydrogen-bond acceptors (Lipinski definition) is 4. The molecule has 1 aromatic rings. The quantitative estimate of drug-likeness (QED) is 0.847. The number of nitrogens with one attached hydrogen (secondary N) is 1. The van der Waals surface area contributed by atoms with E-state index in [9.17, 15) is 0 Å². The molecule has 0 aromatic carbocycles. The van der Waals surface area contributed by atoms with Gasteiger partial charge in [0, 0.05) is 12.6 Å². The molecule has 0 saturated carbocycles. The molecule has 1 fully saturated rings. The molecule has 1 aromatic heterocycles. The highest BCUT2D eigenvalue weighted by Crippen LogP contribution is 2.19. The van der Waals surface area contributed by atoms with Crippen LogP contribution in [0.1, 0.15) is 19.8 Å². The Bertz CT molecular complexity index is 326. The first-order valence-corrected chi connectivity index (χ1v) is 5.67. The molecule has 0 radical (unpaired) electrons. The third kappa shape index (κ3) is 2.85. The number of aromatic nitrogens is 1. The van der Waals surface area contributed by atoms with Gasteiger partial charge >= 0.3 is 0 Å². The Morgan fingerprint density at radius 2 is 2.38 bits per heavy atom. The summed E-state index contributed by atoms with van der Waals surface area (Å²) in [6, 6.07) is 3.81. The molecule has 2 heterocycles. The van der Waals surface area contributed by atoms with Gasteiger partial charge < -0.3 is 14.8 Å². The van der Waals surface area contributed by atoms with Gasteiger partial charge in [0.15, 0.2) is 0 Å². The van der Waals surface area contributed by atoms with Crippen LogP contribution >= 0.6 is 0 Å². The van der Waals surface area contributed by atoms with Gasteiger partial charge in [0.25, 0.3) is 0 Å². The first-order chi connectivity index (χ1) is 7.78. The molecule has 2 rings (SSSR count). The molecule has 16 heavy (non-hydrogen) atoms. The van der Waals surface area contributed by atoms with E-state index in [1.807, 2.05) is 12.1 Å². The average Bonchev–Trinajstić information content (AvgIpc) is 2.73. The van der Waals surface area contributed by atoms with E-state index in [0.29, 0.717) is 18.1 Å². The smallest absolute Gasteiger partial charge is 0.213 e. The largest absolute Gasteiger partial charge is 0.481 e. The second-order valence-electron chi connectivity index (χ2n) is 4.12. The van der Waals surface area contributed by atoms with Crippen LogP contribution in [0.3, 0.4) is 0 Å². The van der Waals surface area contributed by atoms with Gasteiger partial charge in [-0.05, 0) is 25.8 Å². The van der Waals surface area contributed by atoms with Crippen molar-refractivity contribution in [3.8, 4) is 5.88 Å². The third-order valence-electron chi connectivity index (χ3n) is 2.80. The lowest BCUT2D eigenvalue weighted by Crippen LogP contribution is -2.19. The van der Waals surface area contributed by atoms with Crippen LogP contribution in [0.2, 0.25) is 0 Å². The maximum Gasteiger partial charge on any atom is 0.213 e. The molecule has 0 spiro atoms. The molecule has 0 aliphatic carbocycles. The van der Waals surface area contributed by atoms with E-state index >= 15 is 0 Å². The predicted octanol–water partition coefficient (Wildman–Crippen LogP) is 2.07. The number of hydrogen-bond donors (Lipinski definition) is 1. The van der Waals surface area contributed by atoms with E-state index < -0.39 is 0 Å². The van der Waals surface area contributed by atoms with E-state index in [4.69, 9.17) is 9.47 Å². The highest BCUT2D eigenvalue weighted by atomic mass is 16.5. The van der Waals surface area contributed by atoms with Gasteiger partial charge in [-0.2, -0.15) is 0 Å². The van der Waals surface area contributed by atoms with Gasteiger partial charge in [0.2, 0.25) is 5.88 Å². The Kier molecular flexibility index (Phi) is 3.62. The molecule has 4 nitrogen and oxygen atoms in total. The van der Waals surface area contributed by atoms with Crippen molar-refractivity contribution < 1.29 is 9.47 Å². The minimum atomic E-state index is 0.331. The van der Waals surface area contributed by atoms with E-state index in [1.165, 1.54) is 0 Å². The van der Waals surface area contributed by atoms with Gasteiger partial charge in [-0.3, -0.25) is 0 Å². The molecule has 88 valence electrons. The maximum absolute atomic E-state index is 5.72. The Morgan fingerprint density at radius 3 is 2.94 bits per heavy atom. The molecule has 1 N–H and O–H groups in total. The third-order valence-corrected chi connectivity index (χ3v) is 2.80. The number of rotatable bonds is 4. The zero-order valence-corrected chi connectivity index (χ0v) is 9.77. The molecule has 2 atom stereocenters. The first kappa shape index (κ1) is 11.2. The van der Waals surface area contributed by atoms with Gasteiger partial charge in [-0.25, -0.2) is 4.98 Å². The Morgan fingerprint density at radius 1 is 1.50 bits per heavy atom. The minimum Gasteiger partial charge on any atom is -0.481 e. The lowest BCUT2D eigenvalue weighted by Gasteiger charge is -2.13. The molecule has 1 aliphatic heterocycles. The SMILES string of the molecule is COc1ccc(NCC2CCC(C)O2)cn1. The number of nitrogens with zero attached hydrogens (tertiary/aromatic N) is 1. The summed E-state index contributed by atoms with van der Waals surface area (Å²) in [5, 5.41) is 3.32. The molecule has 0 amide bonds. The van der Waals surface area contributed by atoms with Gasteiger partial charge in [0.1, 0.15) is 0 Å². The average molecular weight is 222 g/mol. The van der Waals surface area contributed by atoms with E-state index in [1.54, 1.807) is 13.3 Å². The Hall–Kier alpha value is -1.29. The van der Waals surface area contributed by atoms with Crippen molar-refractivity contribution in [2.45, 2.75) is 32.0 Å². The van der Waals surface area contributed by atoms with Crippen LogP contribution in [0.5, 0.6) is 5.88 Å². The highest BCUT2D eigenvalue weighted by Gasteiger charge is 2.21. The molecular formula is C12H18N2O2. The number of ether oxygens (including phenoxy) is 2. The second kappa shape index (κ2) is 5.16. The Labute approximate surface area is 96.0 Å². The van der Waals surface area contributed by atoms with Crippen molar-refractivity contribution >= 4 is 5.69 Å². The fourth-order valence-corrected chi connectivity index (χ4v) is 1.87. The summed E-state index contributed by atoms with van der Waals surface area (Å²) in [7, 11) is 1.61. The van der Waals surface area contributed by atoms with Crippen molar-refractivity contribution in [3.05, 3.63) is 18.3 Å². The van der Waals surface area contributed by atoms with Crippen molar-refractivity contribution in [3.63, 3.8) is 0 Å². The zero-order valence-electron chi connectivity index (χ0n) is 9.77. The standard InChI is InChI=1S/C12H18N2O2/c1-9-3-5-11(16-9)8-13-10-4-6-12(15-2)14-7-10/h4,6-7,9,11,13H,3,5,8H2,1-2H3. The van der Waals surface area contributed by atoms with E-state index in [0.717, 1.165) is 25.1 Å².